The number of hydrogen-bond donors (Lipinski definition) is 0. The smallest absolute Gasteiger partial charge is 0.123 e. The van der Waals surface area contributed by atoms with Gasteiger partial charge in [0.2, 0.25) is 0 Å². The van der Waals surface area contributed by atoms with Crippen LogP contribution in [0.1, 0.15) is 90.9 Å². The van der Waals surface area contributed by atoms with Crippen LogP contribution >= 0.6 is 0 Å². The van der Waals surface area contributed by atoms with E-state index < -0.39 is 0 Å². The average Bonchev–Trinajstić information content (AvgIpc) is 2.51. The zero-order chi connectivity index (χ0) is 15.1. The monoisotopic (exact) mass is 292 g/mol. The van der Waals surface area contributed by atoms with Gasteiger partial charge in [0.15, 0.2) is 0 Å². The van der Waals surface area contributed by atoms with Crippen molar-refractivity contribution in [1.82, 2.24) is 0 Å². The van der Waals surface area contributed by atoms with Crippen LogP contribution in [0, 0.1) is 29.6 Å². The third kappa shape index (κ3) is 5.42. The fourth-order valence-corrected chi connectivity index (χ4v) is 4.83. The molecule has 5 unspecified atom stereocenters. The third-order valence-electron chi connectivity index (χ3n) is 6.58. The Kier molecular flexibility index (Phi) is 7.26. The lowest BCUT2D eigenvalue weighted by molar-refractivity contribution is -0.112. The first-order chi connectivity index (χ1) is 10.2. The highest BCUT2D eigenvalue weighted by Gasteiger charge is 2.26. The molecule has 2 aliphatic carbocycles. The molecule has 1 heteroatoms. The summed E-state index contributed by atoms with van der Waals surface area (Å²) in [7, 11) is 0. The Morgan fingerprint density at radius 2 is 1.67 bits per heavy atom. The molecule has 0 bridgehead atoms. The lowest BCUT2D eigenvalue weighted by Gasteiger charge is -2.34. The first-order valence-corrected chi connectivity index (χ1v) is 9.66. The molecule has 0 N–H and O–H groups in total. The molecule has 2 fully saturated rings. The van der Waals surface area contributed by atoms with E-state index in [2.05, 4.69) is 13.8 Å². The highest BCUT2D eigenvalue weighted by Crippen LogP contribution is 2.37. The fraction of sp³-hybridized carbons (Fsp3) is 0.950. The summed E-state index contributed by atoms with van der Waals surface area (Å²) < 4.78 is 0. The van der Waals surface area contributed by atoms with Gasteiger partial charge >= 0.3 is 0 Å². The van der Waals surface area contributed by atoms with Crippen molar-refractivity contribution in [3.8, 4) is 0 Å². The highest BCUT2D eigenvalue weighted by molar-refractivity contribution is 5.53. The van der Waals surface area contributed by atoms with Gasteiger partial charge in [-0.05, 0) is 36.5 Å². The molecule has 2 saturated carbocycles. The number of rotatable bonds is 7. The second-order valence-corrected chi connectivity index (χ2v) is 8.09. The second kappa shape index (κ2) is 8.96. The van der Waals surface area contributed by atoms with Crippen LogP contribution < -0.4 is 0 Å². The summed E-state index contributed by atoms with van der Waals surface area (Å²) in [4.78, 5) is 10.9. The van der Waals surface area contributed by atoms with Crippen LogP contribution in [0.4, 0.5) is 0 Å². The van der Waals surface area contributed by atoms with Gasteiger partial charge in [-0.25, -0.2) is 0 Å². The Balaban J connectivity index is 1.54. The van der Waals surface area contributed by atoms with E-state index in [1.807, 2.05) is 0 Å². The maximum absolute atomic E-state index is 10.9. The minimum absolute atomic E-state index is 0.383. The SMILES string of the molecule is CC1CCCC(CCCCCC2CCCC(C=O)C2)C1C. The quantitative estimate of drug-likeness (QED) is 0.414. The summed E-state index contributed by atoms with van der Waals surface area (Å²) >= 11 is 0. The standard InChI is InChI=1S/C20H36O/c1-16-8-6-13-20(17(16)2)12-5-3-4-9-18-10-7-11-19(14-18)15-21/h15-20H,3-14H2,1-2H3. The van der Waals surface area contributed by atoms with Crippen molar-refractivity contribution in [2.45, 2.75) is 90.9 Å². The Morgan fingerprint density at radius 3 is 2.48 bits per heavy atom. The summed E-state index contributed by atoms with van der Waals surface area (Å²) in [6.07, 6.45) is 17.7. The maximum Gasteiger partial charge on any atom is 0.123 e. The number of hydrogen-bond acceptors (Lipinski definition) is 1. The van der Waals surface area contributed by atoms with Gasteiger partial charge in [-0.2, -0.15) is 0 Å². The third-order valence-corrected chi connectivity index (χ3v) is 6.58. The molecule has 0 radical (unpaired) electrons. The van der Waals surface area contributed by atoms with Gasteiger partial charge in [-0.3, -0.25) is 0 Å². The molecule has 2 rings (SSSR count). The zero-order valence-corrected chi connectivity index (χ0v) is 14.4. The van der Waals surface area contributed by atoms with Gasteiger partial charge in [0.25, 0.3) is 0 Å². The van der Waals surface area contributed by atoms with E-state index in [0.717, 1.165) is 30.1 Å². The molecule has 0 aromatic carbocycles. The molecule has 122 valence electrons. The van der Waals surface area contributed by atoms with Gasteiger partial charge < -0.3 is 4.79 Å². The summed E-state index contributed by atoms with van der Waals surface area (Å²) in [5.74, 6) is 4.13. The molecule has 0 aromatic heterocycles. The van der Waals surface area contributed by atoms with Gasteiger partial charge in [0, 0.05) is 5.92 Å². The number of unbranched alkanes of at least 4 members (excludes halogenated alkanes) is 2. The molecule has 1 nitrogen and oxygen atoms in total. The molecule has 21 heavy (non-hydrogen) atoms. The number of carbonyl (C=O) groups is 1. The highest BCUT2D eigenvalue weighted by atomic mass is 16.1. The maximum atomic E-state index is 10.9. The van der Waals surface area contributed by atoms with E-state index in [1.54, 1.807) is 0 Å². The Hall–Kier alpha value is -0.330. The average molecular weight is 293 g/mol. The van der Waals surface area contributed by atoms with Crippen LogP contribution in [-0.2, 0) is 4.79 Å². The van der Waals surface area contributed by atoms with Crippen molar-refractivity contribution in [2.75, 3.05) is 0 Å². The van der Waals surface area contributed by atoms with Crippen molar-refractivity contribution < 1.29 is 4.79 Å². The van der Waals surface area contributed by atoms with E-state index in [9.17, 15) is 4.79 Å². The van der Waals surface area contributed by atoms with Crippen molar-refractivity contribution in [3.05, 3.63) is 0 Å². The molecule has 0 saturated heterocycles. The largest absolute Gasteiger partial charge is 0.303 e. The zero-order valence-electron chi connectivity index (χ0n) is 14.4. The van der Waals surface area contributed by atoms with Gasteiger partial charge in [0.1, 0.15) is 6.29 Å². The van der Waals surface area contributed by atoms with Crippen LogP contribution in [0.5, 0.6) is 0 Å². The van der Waals surface area contributed by atoms with Crippen LogP contribution in [0.2, 0.25) is 0 Å². The number of aldehydes is 1. The van der Waals surface area contributed by atoms with E-state index in [0.29, 0.717) is 5.92 Å². The summed E-state index contributed by atoms with van der Waals surface area (Å²) in [6, 6.07) is 0. The van der Waals surface area contributed by atoms with Crippen molar-refractivity contribution in [2.24, 2.45) is 29.6 Å². The first kappa shape index (κ1) is 17.0. The summed E-state index contributed by atoms with van der Waals surface area (Å²) in [5.41, 5.74) is 0. The molecule has 5 atom stereocenters. The molecule has 0 aromatic rings. The van der Waals surface area contributed by atoms with E-state index in [-0.39, 0.29) is 0 Å². The molecule has 0 spiro atoms. The summed E-state index contributed by atoms with van der Waals surface area (Å²) in [5, 5.41) is 0. The molecule has 0 amide bonds. The Bertz CT molecular complexity index is 298. The minimum Gasteiger partial charge on any atom is -0.303 e. The van der Waals surface area contributed by atoms with Crippen LogP contribution in [0.15, 0.2) is 0 Å². The van der Waals surface area contributed by atoms with Crippen molar-refractivity contribution >= 4 is 6.29 Å². The first-order valence-electron chi connectivity index (χ1n) is 9.66. The Labute approximate surface area is 132 Å². The van der Waals surface area contributed by atoms with E-state index >= 15 is 0 Å². The predicted molar refractivity (Wildman–Crippen MR) is 90.3 cm³/mol. The van der Waals surface area contributed by atoms with E-state index in [4.69, 9.17) is 0 Å². The topological polar surface area (TPSA) is 17.1 Å². The molecule has 0 aliphatic heterocycles. The van der Waals surface area contributed by atoms with Crippen LogP contribution in [0.25, 0.3) is 0 Å². The van der Waals surface area contributed by atoms with Gasteiger partial charge in [-0.15, -0.1) is 0 Å². The van der Waals surface area contributed by atoms with Gasteiger partial charge in [0.05, 0.1) is 0 Å². The molecule has 2 aliphatic rings. The number of carbonyl (C=O) groups excluding carboxylic acids is 1. The summed E-state index contributed by atoms with van der Waals surface area (Å²) in [6.45, 7) is 4.93. The predicted octanol–water partition coefficient (Wildman–Crippen LogP) is 6.01. The minimum atomic E-state index is 0.383. The second-order valence-electron chi connectivity index (χ2n) is 8.09. The molecule has 0 heterocycles. The van der Waals surface area contributed by atoms with Crippen LogP contribution in [0.3, 0.4) is 0 Å². The van der Waals surface area contributed by atoms with Crippen molar-refractivity contribution in [1.29, 1.82) is 0 Å². The lowest BCUT2D eigenvalue weighted by atomic mass is 9.72. The molecular weight excluding hydrogens is 256 g/mol. The van der Waals surface area contributed by atoms with Crippen molar-refractivity contribution in [3.63, 3.8) is 0 Å². The van der Waals surface area contributed by atoms with Gasteiger partial charge in [-0.1, -0.05) is 78.1 Å². The normalized spacial score (nSPS) is 37.3. The lowest BCUT2D eigenvalue weighted by Crippen LogP contribution is -2.24. The molecular formula is C20H36O. The fourth-order valence-electron chi connectivity index (χ4n) is 4.83. The van der Waals surface area contributed by atoms with Crippen LogP contribution in [-0.4, -0.2) is 6.29 Å². The van der Waals surface area contributed by atoms with E-state index in [1.165, 1.54) is 76.9 Å². The Morgan fingerprint density at radius 1 is 0.905 bits per heavy atom.